The number of nitrogens with one attached hydrogen (secondary N) is 2. The summed E-state index contributed by atoms with van der Waals surface area (Å²) in [4.78, 5) is 24.1. The zero-order valence-corrected chi connectivity index (χ0v) is 15.7. The summed E-state index contributed by atoms with van der Waals surface area (Å²) < 4.78 is 5.06. The number of rotatable bonds is 9. The zero-order valence-electron chi connectivity index (χ0n) is 15.7. The van der Waals surface area contributed by atoms with Crippen LogP contribution in [0.25, 0.3) is 11.4 Å². The van der Waals surface area contributed by atoms with Gasteiger partial charge in [-0.25, -0.2) is 4.98 Å². The zero-order chi connectivity index (χ0) is 20.6. The molecule has 0 aliphatic heterocycles. The number of benzene rings is 1. The van der Waals surface area contributed by atoms with Crippen LogP contribution >= 0.6 is 0 Å². The van der Waals surface area contributed by atoms with Crippen LogP contribution in [0.4, 0.5) is 23.1 Å². The summed E-state index contributed by atoms with van der Waals surface area (Å²) in [5.74, 6) is 1.06. The molecule has 0 unspecified atom stereocenters. The van der Waals surface area contributed by atoms with Crippen LogP contribution in [0.15, 0.2) is 48.7 Å². The Balaban J connectivity index is 1.98. The van der Waals surface area contributed by atoms with E-state index in [2.05, 4.69) is 25.6 Å². The maximum absolute atomic E-state index is 11.4. The Hall–Kier alpha value is -3.79. The van der Waals surface area contributed by atoms with Crippen LogP contribution in [0.3, 0.4) is 0 Å². The highest BCUT2D eigenvalue weighted by Crippen LogP contribution is 2.32. The van der Waals surface area contributed by atoms with Crippen LogP contribution in [-0.2, 0) is 0 Å². The summed E-state index contributed by atoms with van der Waals surface area (Å²) in [5, 5.41) is 26.4. The summed E-state index contributed by atoms with van der Waals surface area (Å²) in [6.45, 7) is 0.514. The number of hydrogen-bond acceptors (Lipinski definition) is 9. The Labute approximate surface area is 166 Å². The standard InChI is InChI=1S/C19H20N6O4/c1-29-13-6-7-15(17(11-13)25(27)28)22-18-12-16(14-5-2-3-8-20-14)23-19(24-18)21-9-4-10-26/h2-3,5-8,11-12,26H,4,9-10H2,1H3,(H2,21,22,23,24). The summed E-state index contributed by atoms with van der Waals surface area (Å²) >= 11 is 0. The molecule has 3 N–H and O–H groups in total. The van der Waals surface area contributed by atoms with E-state index < -0.39 is 4.92 Å². The molecule has 2 heterocycles. The number of pyridine rings is 1. The highest BCUT2D eigenvalue weighted by molar-refractivity contribution is 5.72. The SMILES string of the molecule is COc1ccc(Nc2cc(-c3ccccn3)nc(NCCCO)n2)c([N+](=O)[O-])c1. The molecule has 150 valence electrons. The normalized spacial score (nSPS) is 10.4. The molecule has 0 aliphatic rings. The molecule has 3 aromatic rings. The summed E-state index contributed by atoms with van der Waals surface area (Å²) in [7, 11) is 1.44. The van der Waals surface area contributed by atoms with E-state index in [-0.39, 0.29) is 18.0 Å². The number of hydrogen-bond donors (Lipinski definition) is 3. The van der Waals surface area contributed by atoms with Gasteiger partial charge in [0.25, 0.3) is 5.69 Å². The smallest absolute Gasteiger partial charge is 0.296 e. The Kier molecular flexibility index (Phi) is 6.48. The minimum atomic E-state index is -0.494. The van der Waals surface area contributed by atoms with E-state index in [4.69, 9.17) is 9.84 Å². The average Bonchev–Trinajstić information content (AvgIpc) is 2.74. The fourth-order valence-electron chi connectivity index (χ4n) is 2.55. The number of aromatic nitrogens is 3. The highest BCUT2D eigenvalue weighted by atomic mass is 16.6. The average molecular weight is 396 g/mol. The molecule has 29 heavy (non-hydrogen) atoms. The Bertz CT molecular complexity index is 984. The van der Waals surface area contributed by atoms with Crippen molar-refractivity contribution in [2.45, 2.75) is 6.42 Å². The van der Waals surface area contributed by atoms with Crippen LogP contribution in [-0.4, -0.2) is 45.2 Å². The lowest BCUT2D eigenvalue weighted by molar-refractivity contribution is -0.384. The summed E-state index contributed by atoms with van der Waals surface area (Å²) in [6.07, 6.45) is 2.18. The van der Waals surface area contributed by atoms with E-state index in [1.165, 1.54) is 13.2 Å². The lowest BCUT2D eigenvalue weighted by Crippen LogP contribution is -2.09. The van der Waals surface area contributed by atoms with Gasteiger partial charge in [0.15, 0.2) is 0 Å². The fraction of sp³-hybridized carbons (Fsp3) is 0.211. The second kappa shape index (κ2) is 9.42. The van der Waals surface area contributed by atoms with Crippen molar-refractivity contribution >= 4 is 23.1 Å². The second-order valence-corrected chi connectivity index (χ2v) is 5.95. The van der Waals surface area contributed by atoms with Gasteiger partial charge >= 0.3 is 0 Å². The van der Waals surface area contributed by atoms with Crippen LogP contribution in [0.2, 0.25) is 0 Å². The molecule has 10 heteroatoms. The number of nitrogens with zero attached hydrogens (tertiary/aromatic N) is 4. The fourth-order valence-corrected chi connectivity index (χ4v) is 2.55. The van der Waals surface area contributed by atoms with E-state index in [9.17, 15) is 10.1 Å². The second-order valence-electron chi connectivity index (χ2n) is 5.95. The molecule has 10 nitrogen and oxygen atoms in total. The minimum Gasteiger partial charge on any atom is -0.496 e. The van der Waals surface area contributed by atoms with Crippen LogP contribution in [0, 0.1) is 10.1 Å². The minimum absolute atomic E-state index is 0.0378. The van der Waals surface area contributed by atoms with Crippen LogP contribution in [0.1, 0.15) is 6.42 Å². The molecule has 0 amide bonds. The number of nitro groups is 1. The molecule has 2 aromatic heterocycles. The van der Waals surface area contributed by atoms with Gasteiger partial charge in [0, 0.05) is 25.4 Å². The number of methoxy groups -OCH3 is 1. The molecular formula is C19H20N6O4. The van der Waals surface area contributed by atoms with Crippen molar-refractivity contribution in [3.63, 3.8) is 0 Å². The third-order valence-corrected chi connectivity index (χ3v) is 3.94. The van der Waals surface area contributed by atoms with Crippen molar-refractivity contribution in [2.75, 3.05) is 30.9 Å². The van der Waals surface area contributed by atoms with Crippen LogP contribution < -0.4 is 15.4 Å². The van der Waals surface area contributed by atoms with E-state index in [1.54, 1.807) is 36.5 Å². The van der Waals surface area contributed by atoms with Gasteiger partial charge in [-0.3, -0.25) is 15.1 Å². The summed E-state index contributed by atoms with van der Waals surface area (Å²) in [5.41, 5.74) is 1.30. The molecule has 1 aromatic carbocycles. The quantitative estimate of drug-likeness (QED) is 0.283. The van der Waals surface area contributed by atoms with Crippen molar-refractivity contribution in [1.82, 2.24) is 15.0 Å². The third-order valence-electron chi connectivity index (χ3n) is 3.94. The Morgan fingerprint density at radius 1 is 1.17 bits per heavy atom. The number of aliphatic hydroxyl groups excluding tert-OH is 1. The van der Waals surface area contributed by atoms with Crippen molar-refractivity contribution in [1.29, 1.82) is 0 Å². The predicted octanol–water partition coefficient (Wildman–Crippen LogP) is 2.99. The number of nitro benzene ring substituents is 1. The molecule has 0 atom stereocenters. The van der Waals surface area contributed by atoms with Gasteiger partial charge in [0.1, 0.15) is 17.3 Å². The largest absolute Gasteiger partial charge is 0.496 e. The van der Waals surface area contributed by atoms with Crippen molar-refractivity contribution < 1.29 is 14.8 Å². The van der Waals surface area contributed by atoms with E-state index >= 15 is 0 Å². The van der Waals surface area contributed by atoms with Gasteiger partial charge in [-0.15, -0.1) is 0 Å². The lowest BCUT2D eigenvalue weighted by Gasteiger charge is -2.12. The van der Waals surface area contributed by atoms with E-state index in [0.717, 1.165) is 0 Å². The van der Waals surface area contributed by atoms with Crippen molar-refractivity contribution in [2.24, 2.45) is 0 Å². The molecule has 0 aliphatic carbocycles. The molecular weight excluding hydrogens is 376 g/mol. The maximum Gasteiger partial charge on any atom is 0.296 e. The number of ether oxygens (including phenoxy) is 1. The monoisotopic (exact) mass is 396 g/mol. The van der Waals surface area contributed by atoms with Crippen LogP contribution in [0.5, 0.6) is 5.75 Å². The first-order valence-corrected chi connectivity index (χ1v) is 8.85. The highest BCUT2D eigenvalue weighted by Gasteiger charge is 2.17. The Morgan fingerprint density at radius 2 is 2.03 bits per heavy atom. The van der Waals surface area contributed by atoms with Gasteiger partial charge in [0.05, 0.1) is 29.5 Å². The first-order chi connectivity index (χ1) is 14.1. The van der Waals surface area contributed by atoms with Gasteiger partial charge in [0.2, 0.25) is 5.95 Å². The van der Waals surface area contributed by atoms with Gasteiger partial charge < -0.3 is 20.5 Å². The predicted molar refractivity (Wildman–Crippen MR) is 108 cm³/mol. The molecule has 0 bridgehead atoms. The van der Waals surface area contributed by atoms with Gasteiger partial charge in [-0.1, -0.05) is 6.07 Å². The third kappa shape index (κ3) is 5.14. The van der Waals surface area contributed by atoms with Gasteiger partial charge in [-0.2, -0.15) is 4.98 Å². The molecule has 3 rings (SSSR count). The molecule has 0 radical (unpaired) electrons. The molecule has 0 saturated heterocycles. The molecule has 0 saturated carbocycles. The van der Waals surface area contributed by atoms with Crippen molar-refractivity contribution in [3.05, 3.63) is 58.8 Å². The van der Waals surface area contributed by atoms with E-state index in [1.807, 2.05) is 6.07 Å². The lowest BCUT2D eigenvalue weighted by atomic mass is 10.2. The first kappa shape index (κ1) is 20.0. The number of aliphatic hydroxyl groups is 1. The number of anilines is 3. The molecule has 0 fully saturated rings. The van der Waals surface area contributed by atoms with Gasteiger partial charge in [-0.05, 0) is 30.7 Å². The Morgan fingerprint density at radius 3 is 2.72 bits per heavy atom. The van der Waals surface area contributed by atoms with Crippen molar-refractivity contribution in [3.8, 4) is 17.1 Å². The topological polar surface area (TPSA) is 135 Å². The molecule has 0 spiro atoms. The van der Waals surface area contributed by atoms with E-state index in [0.29, 0.717) is 41.9 Å². The maximum atomic E-state index is 11.4. The summed E-state index contributed by atoms with van der Waals surface area (Å²) in [6, 6.07) is 11.6. The first-order valence-electron chi connectivity index (χ1n) is 8.85.